The van der Waals surface area contributed by atoms with Gasteiger partial charge >= 0.3 is 0 Å². The quantitative estimate of drug-likeness (QED) is 0.554. The summed E-state index contributed by atoms with van der Waals surface area (Å²) in [6.07, 6.45) is 3.50. The Kier molecular flexibility index (Phi) is 5.20. The minimum atomic E-state index is -0.175. The summed E-state index contributed by atoms with van der Waals surface area (Å²) in [5, 5.41) is 7.70. The van der Waals surface area contributed by atoms with Gasteiger partial charge in [-0.3, -0.25) is 9.78 Å². The van der Waals surface area contributed by atoms with E-state index < -0.39 is 0 Å². The van der Waals surface area contributed by atoms with Crippen LogP contribution in [0.4, 0.5) is 0 Å². The van der Waals surface area contributed by atoms with E-state index in [4.69, 9.17) is 5.10 Å². The number of aryl methyl sites for hydroxylation is 2. The number of carbonyl (C=O) groups is 1. The average Bonchev–Trinajstić information content (AvgIpc) is 3.21. The molecule has 5 heteroatoms. The van der Waals surface area contributed by atoms with Gasteiger partial charge < -0.3 is 5.32 Å². The highest BCUT2D eigenvalue weighted by atomic mass is 16.1. The maximum absolute atomic E-state index is 13.0. The molecular formula is C24H22N4O. The van der Waals surface area contributed by atoms with Crippen molar-refractivity contribution in [2.75, 3.05) is 0 Å². The molecule has 0 aliphatic carbocycles. The van der Waals surface area contributed by atoms with Gasteiger partial charge in [-0.25, -0.2) is 4.68 Å². The highest BCUT2D eigenvalue weighted by molar-refractivity contribution is 6.00. The smallest absolute Gasteiger partial charge is 0.255 e. The number of rotatable bonds is 5. The van der Waals surface area contributed by atoms with Gasteiger partial charge in [0.15, 0.2) is 0 Å². The fraction of sp³-hybridized carbons (Fsp3) is 0.125. The van der Waals surface area contributed by atoms with E-state index in [1.807, 2.05) is 54.6 Å². The lowest BCUT2D eigenvalue weighted by molar-refractivity contribution is 0.0951. The maximum atomic E-state index is 13.0. The van der Waals surface area contributed by atoms with Crippen LogP contribution in [-0.2, 0) is 6.54 Å². The zero-order valence-electron chi connectivity index (χ0n) is 16.5. The third-order valence-corrected chi connectivity index (χ3v) is 4.92. The van der Waals surface area contributed by atoms with E-state index in [1.54, 1.807) is 17.1 Å². The minimum absolute atomic E-state index is 0.175. The summed E-state index contributed by atoms with van der Waals surface area (Å²) in [5.41, 5.74) is 6.20. The molecule has 2 aromatic carbocycles. The molecule has 29 heavy (non-hydrogen) atoms. The van der Waals surface area contributed by atoms with Crippen molar-refractivity contribution in [3.05, 3.63) is 102 Å². The van der Waals surface area contributed by atoms with Crippen LogP contribution in [0.5, 0.6) is 0 Å². The molecule has 0 unspecified atom stereocenters. The summed E-state index contributed by atoms with van der Waals surface area (Å²) in [7, 11) is 0. The number of nitrogens with zero attached hydrogens (tertiary/aromatic N) is 3. The van der Waals surface area contributed by atoms with E-state index in [0.717, 1.165) is 22.5 Å². The first-order valence-electron chi connectivity index (χ1n) is 9.52. The first-order chi connectivity index (χ1) is 14.1. The lowest BCUT2D eigenvalue weighted by atomic mass is 10.0. The summed E-state index contributed by atoms with van der Waals surface area (Å²) < 4.78 is 1.75. The third-order valence-electron chi connectivity index (χ3n) is 4.92. The van der Waals surface area contributed by atoms with Crippen molar-refractivity contribution in [1.29, 1.82) is 0 Å². The van der Waals surface area contributed by atoms with Crippen molar-refractivity contribution in [3.8, 4) is 16.9 Å². The Labute approximate surface area is 170 Å². The first-order valence-corrected chi connectivity index (χ1v) is 9.52. The van der Waals surface area contributed by atoms with Crippen LogP contribution >= 0.6 is 0 Å². The number of amides is 1. The largest absolute Gasteiger partial charge is 0.346 e. The molecule has 0 atom stereocenters. The molecule has 0 saturated heterocycles. The molecule has 2 aromatic heterocycles. The van der Waals surface area contributed by atoms with Crippen LogP contribution in [0.1, 0.15) is 27.2 Å². The van der Waals surface area contributed by atoms with Gasteiger partial charge in [0.25, 0.3) is 5.91 Å². The number of hydrogen-bond acceptors (Lipinski definition) is 3. The van der Waals surface area contributed by atoms with Crippen molar-refractivity contribution in [2.45, 2.75) is 20.4 Å². The molecule has 0 fully saturated rings. The molecule has 0 aliphatic heterocycles. The van der Waals surface area contributed by atoms with E-state index in [9.17, 15) is 4.79 Å². The fourth-order valence-corrected chi connectivity index (χ4v) is 3.12. The van der Waals surface area contributed by atoms with E-state index >= 15 is 0 Å². The van der Waals surface area contributed by atoms with Crippen LogP contribution in [0.25, 0.3) is 16.9 Å². The molecule has 0 bridgehead atoms. The van der Waals surface area contributed by atoms with Crippen LogP contribution < -0.4 is 5.32 Å². The number of aromatic nitrogens is 3. The molecule has 0 spiro atoms. The molecule has 0 aliphatic rings. The van der Waals surface area contributed by atoms with E-state index in [1.165, 1.54) is 5.56 Å². The zero-order valence-corrected chi connectivity index (χ0v) is 16.5. The molecule has 2 heterocycles. The number of para-hydroxylation sites is 1. The van der Waals surface area contributed by atoms with E-state index in [-0.39, 0.29) is 5.91 Å². The number of pyridine rings is 1. The molecule has 1 N–H and O–H groups in total. The lowest BCUT2D eigenvalue weighted by Crippen LogP contribution is -2.23. The normalized spacial score (nSPS) is 10.7. The number of hydrogen-bond donors (Lipinski definition) is 1. The highest BCUT2D eigenvalue weighted by Gasteiger charge is 2.19. The lowest BCUT2D eigenvalue weighted by Gasteiger charge is -2.07. The Hall–Kier alpha value is -3.73. The third kappa shape index (κ3) is 4.09. The van der Waals surface area contributed by atoms with Gasteiger partial charge in [-0.15, -0.1) is 0 Å². The van der Waals surface area contributed by atoms with E-state index in [0.29, 0.717) is 17.8 Å². The molecule has 4 rings (SSSR count). The zero-order chi connectivity index (χ0) is 20.2. The van der Waals surface area contributed by atoms with Crippen LogP contribution in [0.2, 0.25) is 0 Å². The highest BCUT2D eigenvalue weighted by Crippen LogP contribution is 2.26. The SMILES string of the molecule is Cc1ccc(-c2nn(-c3ccccc3)cc2C(=O)NCc2ccccn2)cc1C. The topological polar surface area (TPSA) is 59.8 Å². The second-order valence-corrected chi connectivity index (χ2v) is 6.97. The predicted octanol–water partition coefficient (Wildman–Crippen LogP) is 4.48. The molecule has 4 aromatic rings. The minimum Gasteiger partial charge on any atom is -0.346 e. The number of carbonyl (C=O) groups excluding carboxylic acids is 1. The van der Waals surface area contributed by atoms with Gasteiger partial charge in [0.05, 0.1) is 23.5 Å². The van der Waals surface area contributed by atoms with Gasteiger partial charge in [-0.05, 0) is 55.3 Å². The molecular weight excluding hydrogens is 360 g/mol. The number of nitrogens with one attached hydrogen (secondary N) is 1. The molecule has 5 nitrogen and oxygen atoms in total. The number of benzene rings is 2. The predicted molar refractivity (Wildman–Crippen MR) is 114 cm³/mol. The van der Waals surface area contributed by atoms with Gasteiger partial charge in [0.2, 0.25) is 0 Å². The summed E-state index contributed by atoms with van der Waals surface area (Å²) in [5.74, 6) is -0.175. The standard InChI is InChI=1S/C24H22N4O/c1-17-11-12-19(14-18(17)2)23-22(16-28(27-23)21-9-4-3-5-10-21)24(29)26-15-20-8-6-7-13-25-20/h3-14,16H,15H2,1-2H3,(H,26,29). The van der Waals surface area contributed by atoms with Crippen LogP contribution in [0, 0.1) is 13.8 Å². The summed E-state index contributed by atoms with van der Waals surface area (Å²) in [6.45, 7) is 4.50. The molecule has 0 radical (unpaired) electrons. The molecule has 0 saturated carbocycles. The van der Waals surface area contributed by atoms with E-state index in [2.05, 4.69) is 36.3 Å². The Morgan fingerprint density at radius 2 is 1.76 bits per heavy atom. The monoisotopic (exact) mass is 382 g/mol. The molecule has 144 valence electrons. The van der Waals surface area contributed by atoms with Crippen LogP contribution in [0.3, 0.4) is 0 Å². The van der Waals surface area contributed by atoms with Gasteiger partial charge in [-0.2, -0.15) is 5.10 Å². The van der Waals surface area contributed by atoms with Crippen molar-refractivity contribution >= 4 is 5.91 Å². The van der Waals surface area contributed by atoms with Gasteiger partial charge in [-0.1, -0.05) is 36.4 Å². The van der Waals surface area contributed by atoms with Gasteiger partial charge in [0.1, 0.15) is 5.69 Å². The summed E-state index contributed by atoms with van der Waals surface area (Å²) in [6, 6.07) is 21.6. The molecule has 1 amide bonds. The first kappa shape index (κ1) is 18.6. The fourth-order valence-electron chi connectivity index (χ4n) is 3.12. The van der Waals surface area contributed by atoms with Gasteiger partial charge in [0, 0.05) is 18.0 Å². The Morgan fingerprint density at radius 3 is 2.48 bits per heavy atom. The Morgan fingerprint density at radius 1 is 0.966 bits per heavy atom. The van der Waals surface area contributed by atoms with Crippen molar-refractivity contribution < 1.29 is 4.79 Å². The summed E-state index contributed by atoms with van der Waals surface area (Å²) in [4.78, 5) is 17.3. The van der Waals surface area contributed by atoms with Crippen molar-refractivity contribution in [1.82, 2.24) is 20.1 Å². The summed E-state index contributed by atoms with van der Waals surface area (Å²) >= 11 is 0. The maximum Gasteiger partial charge on any atom is 0.255 e. The van der Waals surface area contributed by atoms with Crippen molar-refractivity contribution in [2.24, 2.45) is 0 Å². The van der Waals surface area contributed by atoms with Crippen molar-refractivity contribution in [3.63, 3.8) is 0 Å². The Balaban J connectivity index is 1.71. The Bertz CT molecular complexity index is 1130. The average molecular weight is 382 g/mol. The second-order valence-electron chi connectivity index (χ2n) is 6.97. The van der Waals surface area contributed by atoms with Crippen LogP contribution in [-0.4, -0.2) is 20.7 Å². The second kappa shape index (κ2) is 8.10. The van der Waals surface area contributed by atoms with Crippen LogP contribution in [0.15, 0.2) is 79.1 Å².